The van der Waals surface area contributed by atoms with E-state index in [4.69, 9.17) is 33.2 Å². The van der Waals surface area contributed by atoms with Crippen molar-refractivity contribution >= 4 is 68.2 Å². The fraction of sp³-hybridized carbons (Fsp3) is 0.234. The number of nitrogens with one attached hydrogen (secondary N) is 1. The highest BCUT2D eigenvalue weighted by Gasteiger charge is 2.32. The molecular formula is C47H43Cl2N7O2. The third-order valence-corrected chi connectivity index (χ3v) is 11.8. The zero-order valence-corrected chi connectivity index (χ0v) is 33.6. The molecule has 1 aliphatic carbocycles. The van der Waals surface area contributed by atoms with Crippen molar-refractivity contribution in [1.29, 1.82) is 0 Å². The Labute approximate surface area is 347 Å². The Bertz CT molecular complexity index is 2620. The van der Waals surface area contributed by atoms with Gasteiger partial charge in [0.1, 0.15) is 0 Å². The van der Waals surface area contributed by atoms with E-state index in [1.165, 1.54) is 4.90 Å². The lowest BCUT2D eigenvalue weighted by molar-refractivity contribution is 0.0607. The van der Waals surface area contributed by atoms with Gasteiger partial charge in [0.05, 0.1) is 40.0 Å². The number of benzene rings is 6. The fourth-order valence-corrected chi connectivity index (χ4v) is 8.50. The number of hydrogen-bond donors (Lipinski definition) is 1. The van der Waals surface area contributed by atoms with Crippen LogP contribution in [0.15, 0.2) is 126 Å². The quantitative estimate of drug-likeness (QED) is 0.0753. The number of amides is 2. The van der Waals surface area contributed by atoms with Gasteiger partial charge in [-0.15, -0.1) is 0 Å². The van der Waals surface area contributed by atoms with Crippen molar-refractivity contribution in [2.24, 2.45) is 4.99 Å². The molecule has 9 nitrogen and oxygen atoms in total. The minimum atomic E-state index is -0.181. The van der Waals surface area contributed by atoms with E-state index in [1.807, 2.05) is 103 Å². The highest BCUT2D eigenvalue weighted by molar-refractivity contribution is 6.31. The molecule has 58 heavy (non-hydrogen) atoms. The van der Waals surface area contributed by atoms with Crippen LogP contribution in [0.4, 0.5) is 11.4 Å². The van der Waals surface area contributed by atoms with Crippen molar-refractivity contribution < 1.29 is 9.59 Å². The molecule has 3 aliphatic heterocycles. The van der Waals surface area contributed by atoms with Crippen LogP contribution in [0.25, 0.3) is 38.9 Å². The van der Waals surface area contributed by atoms with Gasteiger partial charge < -0.3 is 14.8 Å². The first kappa shape index (κ1) is 38.0. The van der Waals surface area contributed by atoms with E-state index in [-0.39, 0.29) is 11.8 Å². The largest absolute Gasteiger partial charge is 0.354 e. The van der Waals surface area contributed by atoms with Crippen molar-refractivity contribution in [1.82, 2.24) is 24.3 Å². The summed E-state index contributed by atoms with van der Waals surface area (Å²) in [5.74, 6) is -0.363. The predicted octanol–water partition coefficient (Wildman–Crippen LogP) is 9.32. The number of halogens is 2. The summed E-state index contributed by atoms with van der Waals surface area (Å²) < 4.78 is 2.23. The van der Waals surface area contributed by atoms with Gasteiger partial charge in [0, 0.05) is 77.2 Å². The molecule has 1 N–H and O–H groups in total. The monoisotopic (exact) mass is 807 g/mol. The Hall–Kier alpha value is -5.58. The van der Waals surface area contributed by atoms with Crippen molar-refractivity contribution in [3.8, 4) is 17.1 Å². The van der Waals surface area contributed by atoms with Crippen molar-refractivity contribution in [3.63, 3.8) is 0 Å². The van der Waals surface area contributed by atoms with Crippen LogP contribution in [0.1, 0.15) is 40.0 Å². The number of unbranched alkanes of at least 4 members (excludes halogenated alkanes) is 2. The van der Waals surface area contributed by atoms with Crippen LogP contribution in [-0.2, 0) is 0 Å². The van der Waals surface area contributed by atoms with Gasteiger partial charge in [-0.2, -0.15) is 0 Å². The molecule has 2 amide bonds. The van der Waals surface area contributed by atoms with Crippen molar-refractivity contribution in [3.05, 3.63) is 148 Å². The number of carbonyl (C=O) groups is 2. The van der Waals surface area contributed by atoms with Gasteiger partial charge in [-0.25, -0.2) is 4.98 Å². The molecule has 292 valence electrons. The third-order valence-electron chi connectivity index (χ3n) is 11.3. The number of nitrogens with zero attached hydrogens (tertiary/aromatic N) is 6. The first-order chi connectivity index (χ1) is 28.4. The summed E-state index contributed by atoms with van der Waals surface area (Å²) in [4.78, 5) is 43.2. The van der Waals surface area contributed by atoms with Gasteiger partial charge in [-0.3, -0.25) is 24.4 Å². The Balaban J connectivity index is 0.842. The first-order valence-electron chi connectivity index (χ1n) is 20.0. The number of carbonyl (C=O) groups excluding carboxylic acids is 2. The molecule has 0 saturated carbocycles. The van der Waals surface area contributed by atoms with Gasteiger partial charge in [0.15, 0.2) is 0 Å². The normalized spacial score (nSPS) is 15.3. The second-order valence-electron chi connectivity index (χ2n) is 15.0. The van der Waals surface area contributed by atoms with E-state index in [2.05, 4.69) is 37.9 Å². The molecule has 3 heterocycles. The molecule has 0 spiro atoms. The lowest BCUT2D eigenvalue weighted by Crippen LogP contribution is -2.47. The molecule has 11 heteroatoms. The number of anilines is 2. The maximum absolute atomic E-state index is 13.3. The van der Waals surface area contributed by atoms with E-state index >= 15 is 0 Å². The van der Waals surface area contributed by atoms with Crippen LogP contribution in [0.5, 0.6) is 0 Å². The number of aromatic nitrogens is 2. The lowest BCUT2D eigenvalue weighted by Gasteiger charge is -2.34. The van der Waals surface area contributed by atoms with E-state index in [9.17, 15) is 9.59 Å². The Kier molecular flexibility index (Phi) is 10.9. The van der Waals surface area contributed by atoms with E-state index in [1.54, 1.807) is 0 Å². The molecule has 0 unspecified atom stereocenters. The second kappa shape index (κ2) is 16.7. The first-order valence-corrected chi connectivity index (χ1v) is 20.7. The van der Waals surface area contributed by atoms with Gasteiger partial charge in [-0.05, 0) is 110 Å². The van der Waals surface area contributed by atoms with Crippen LogP contribution < -0.4 is 10.7 Å². The molecular weight excluding hydrogens is 765 g/mol. The molecule has 5 aromatic rings. The predicted molar refractivity (Wildman–Crippen MR) is 234 cm³/mol. The molecule has 5 aromatic carbocycles. The summed E-state index contributed by atoms with van der Waals surface area (Å²) >= 11 is 12.5. The number of fused-ring (bicyclic) bond motifs is 2. The smallest absolute Gasteiger partial charge is 0.261 e. The lowest BCUT2D eigenvalue weighted by atomic mass is 9.94. The number of para-hydroxylation sites is 2. The van der Waals surface area contributed by atoms with Gasteiger partial charge in [-0.1, -0.05) is 66.0 Å². The minimum Gasteiger partial charge on any atom is -0.354 e. The van der Waals surface area contributed by atoms with Gasteiger partial charge in [0.25, 0.3) is 11.8 Å². The summed E-state index contributed by atoms with van der Waals surface area (Å²) in [5.41, 5.74) is 7.72. The topological polar surface area (TPSA) is 86.1 Å². The standard InChI is InChI=1S/C47H43Cl2N7O2/c48-33-14-18-35(19-15-33)51-41-30-42-44(56(36-20-16-34(49)17-21-36)43-13-3-2-12-39(43)52-42)31-40(41)50-22-25-54-28-26-53(27-29-54)23-4-1-5-24-55-46(57)37-10-6-8-32-9-7-11-38(45(32)37)47(55)58/h2-3,6-21,30-31,51H,1,4-5,22-29H2. The maximum atomic E-state index is 13.3. The summed E-state index contributed by atoms with van der Waals surface area (Å²) in [5, 5.41) is 7.52. The van der Waals surface area contributed by atoms with E-state index < -0.39 is 0 Å². The Morgan fingerprint density at radius 3 is 2.00 bits per heavy atom. The Morgan fingerprint density at radius 1 is 0.655 bits per heavy atom. The number of piperazine rings is 1. The molecule has 4 aliphatic rings. The maximum Gasteiger partial charge on any atom is 0.261 e. The van der Waals surface area contributed by atoms with Gasteiger partial charge >= 0.3 is 0 Å². The van der Waals surface area contributed by atoms with Crippen molar-refractivity contribution in [2.75, 3.05) is 57.7 Å². The zero-order valence-electron chi connectivity index (χ0n) is 32.1. The average Bonchev–Trinajstić information content (AvgIpc) is 3.24. The van der Waals surface area contributed by atoms with Crippen LogP contribution >= 0.6 is 23.2 Å². The molecule has 9 rings (SSSR count). The van der Waals surface area contributed by atoms with E-state index in [0.29, 0.717) is 34.3 Å². The number of hydrogen-bond acceptors (Lipinski definition) is 7. The molecule has 0 atom stereocenters. The van der Waals surface area contributed by atoms with E-state index in [0.717, 1.165) is 114 Å². The SMILES string of the molecule is O=C1c2cccc3cccc(c23)C(=O)N1CCCCCN1CCN(CCN=c2cc3n(-c4ccc(Cl)cc4)c4ccccc4nc-3cc2Nc2ccc(Cl)cc2)CC1. The second-order valence-corrected chi connectivity index (χ2v) is 15.9. The molecule has 0 bridgehead atoms. The average molecular weight is 809 g/mol. The molecule has 1 saturated heterocycles. The molecule has 0 radical (unpaired) electrons. The number of imide groups is 1. The molecule has 1 fully saturated rings. The van der Waals surface area contributed by atoms with Crippen LogP contribution in [0, 0.1) is 0 Å². The van der Waals surface area contributed by atoms with Gasteiger partial charge in [0.2, 0.25) is 0 Å². The summed E-state index contributed by atoms with van der Waals surface area (Å²) in [6.45, 7) is 6.93. The van der Waals surface area contributed by atoms with Crippen LogP contribution in [0.2, 0.25) is 10.0 Å². The summed E-state index contributed by atoms with van der Waals surface area (Å²) in [6.07, 6.45) is 2.79. The molecule has 0 aromatic heterocycles. The highest BCUT2D eigenvalue weighted by Crippen LogP contribution is 2.32. The highest BCUT2D eigenvalue weighted by atomic mass is 35.5. The zero-order chi connectivity index (χ0) is 39.6. The fourth-order valence-electron chi connectivity index (χ4n) is 8.24. The van der Waals surface area contributed by atoms with Crippen molar-refractivity contribution in [2.45, 2.75) is 19.3 Å². The Morgan fingerprint density at radius 2 is 1.29 bits per heavy atom. The minimum absolute atomic E-state index is 0.181. The summed E-state index contributed by atoms with van der Waals surface area (Å²) in [6, 6.07) is 39.3. The van der Waals surface area contributed by atoms with Crippen LogP contribution in [0.3, 0.4) is 0 Å². The van der Waals surface area contributed by atoms with Crippen LogP contribution in [-0.4, -0.2) is 88.4 Å². The number of rotatable bonds is 12. The summed E-state index contributed by atoms with van der Waals surface area (Å²) in [7, 11) is 0. The third kappa shape index (κ3) is 7.83.